The van der Waals surface area contributed by atoms with Crippen molar-refractivity contribution in [1.29, 1.82) is 0 Å². The summed E-state index contributed by atoms with van der Waals surface area (Å²) in [5.74, 6) is 0. The molecule has 0 spiro atoms. The summed E-state index contributed by atoms with van der Waals surface area (Å²) in [4.78, 5) is 0. The van der Waals surface area contributed by atoms with Gasteiger partial charge >= 0.3 is 0 Å². The van der Waals surface area contributed by atoms with Crippen LogP contribution >= 0.6 is 0 Å². The van der Waals surface area contributed by atoms with Crippen molar-refractivity contribution in [3.8, 4) is 0 Å². The highest BCUT2D eigenvalue weighted by Gasteiger charge is 2.08. The van der Waals surface area contributed by atoms with Gasteiger partial charge in [-0.1, -0.05) is 18.2 Å². The Hall–Kier alpha value is -0.600. The molecule has 0 aromatic rings. The van der Waals surface area contributed by atoms with Crippen molar-refractivity contribution in [2.75, 3.05) is 7.11 Å². The lowest BCUT2D eigenvalue weighted by Crippen LogP contribution is -2.20. The molecule has 11 heavy (non-hydrogen) atoms. The summed E-state index contributed by atoms with van der Waals surface area (Å²) in [6.45, 7) is 2.03. The first-order valence-corrected chi connectivity index (χ1v) is 3.90. The third kappa shape index (κ3) is 2.17. The highest BCUT2D eigenvalue weighted by atomic mass is 16.5. The minimum Gasteiger partial charge on any atom is -0.377 e. The quantitative estimate of drug-likeness (QED) is 0.647. The van der Waals surface area contributed by atoms with Crippen molar-refractivity contribution in [2.45, 2.75) is 25.5 Å². The van der Waals surface area contributed by atoms with E-state index in [0.717, 1.165) is 6.42 Å². The topological polar surface area (TPSA) is 35.2 Å². The van der Waals surface area contributed by atoms with Crippen LogP contribution in [-0.4, -0.2) is 19.3 Å². The predicted octanol–water partition coefficient (Wildman–Crippen LogP) is 1.23. The summed E-state index contributed by atoms with van der Waals surface area (Å²) < 4.78 is 5.16. The standard InChI is InChI=1S/C9H15NO/c1-7(11-2)8-3-5-9(10)6-4-8/h3-5,7,9H,6,10H2,1-2H3. The normalized spacial score (nSPS) is 26.5. The molecule has 0 bridgehead atoms. The molecule has 2 atom stereocenters. The summed E-state index contributed by atoms with van der Waals surface area (Å²) in [6.07, 6.45) is 7.32. The Morgan fingerprint density at radius 1 is 1.73 bits per heavy atom. The lowest BCUT2D eigenvalue weighted by atomic mass is 10.0. The van der Waals surface area contributed by atoms with Crippen LogP contribution in [0.5, 0.6) is 0 Å². The van der Waals surface area contributed by atoms with Gasteiger partial charge in [-0.25, -0.2) is 0 Å². The van der Waals surface area contributed by atoms with Crippen molar-refractivity contribution in [1.82, 2.24) is 0 Å². The first kappa shape index (κ1) is 8.50. The fourth-order valence-electron chi connectivity index (χ4n) is 1.09. The molecule has 2 heteroatoms. The molecule has 0 aromatic carbocycles. The van der Waals surface area contributed by atoms with Crippen molar-refractivity contribution in [3.63, 3.8) is 0 Å². The van der Waals surface area contributed by atoms with Gasteiger partial charge in [0.1, 0.15) is 0 Å². The Kier molecular flexibility index (Phi) is 2.85. The average Bonchev–Trinajstić information content (AvgIpc) is 2.05. The van der Waals surface area contributed by atoms with Crippen LogP contribution in [0.2, 0.25) is 0 Å². The van der Waals surface area contributed by atoms with E-state index < -0.39 is 0 Å². The van der Waals surface area contributed by atoms with Gasteiger partial charge in [-0.15, -0.1) is 0 Å². The van der Waals surface area contributed by atoms with Crippen LogP contribution in [0.25, 0.3) is 0 Å². The van der Waals surface area contributed by atoms with Gasteiger partial charge in [-0.3, -0.25) is 0 Å². The molecule has 0 aliphatic heterocycles. The Bertz CT molecular complexity index is 184. The maximum absolute atomic E-state index is 5.67. The third-order valence-electron chi connectivity index (χ3n) is 1.98. The number of hydrogen-bond donors (Lipinski definition) is 1. The molecule has 0 aromatic heterocycles. The van der Waals surface area contributed by atoms with E-state index in [0.29, 0.717) is 0 Å². The summed E-state index contributed by atoms with van der Waals surface area (Å²) >= 11 is 0. The minimum absolute atomic E-state index is 0.193. The van der Waals surface area contributed by atoms with Crippen LogP contribution in [0, 0.1) is 0 Å². The molecule has 1 aliphatic rings. The number of methoxy groups -OCH3 is 1. The molecule has 62 valence electrons. The lowest BCUT2D eigenvalue weighted by Gasteiger charge is -2.16. The maximum Gasteiger partial charge on any atom is 0.0789 e. The minimum atomic E-state index is 0.193. The van der Waals surface area contributed by atoms with E-state index in [-0.39, 0.29) is 12.1 Å². The molecular formula is C9H15NO. The molecule has 1 aliphatic carbocycles. The van der Waals surface area contributed by atoms with Crippen LogP contribution in [-0.2, 0) is 4.74 Å². The Balaban J connectivity index is 2.55. The van der Waals surface area contributed by atoms with Gasteiger partial charge in [0.2, 0.25) is 0 Å². The molecule has 2 unspecified atom stereocenters. The molecule has 2 N–H and O–H groups in total. The number of nitrogens with two attached hydrogens (primary N) is 1. The van der Waals surface area contributed by atoms with Crippen molar-refractivity contribution in [2.24, 2.45) is 5.73 Å². The molecule has 2 nitrogen and oxygen atoms in total. The molecule has 0 saturated heterocycles. The Labute approximate surface area is 67.7 Å². The second kappa shape index (κ2) is 3.69. The SMILES string of the molecule is COC(C)C1=CCC(N)C=C1. The van der Waals surface area contributed by atoms with Gasteiger partial charge in [-0.05, 0) is 18.9 Å². The largest absolute Gasteiger partial charge is 0.377 e. The molecule has 0 saturated carbocycles. The summed E-state index contributed by atoms with van der Waals surface area (Å²) in [5, 5.41) is 0. The molecular weight excluding hydrogens is 138 g/mol. The van der Waals surface area contributed by atoms with Crippen LogP contribution in [0.4, 0.5) is 0 Å². The fraction of sp³-hybridized carbons (Fsp3) is 0.556. The van der Waals surface area contributed by atoms with E-state index in [9.17, 15) is 0 Å². The first-order valence-electron chi connectivity index (χ1n) is 3.90. The van der Waals surface area contributed by atoms with Gasteiger partial charge in [-0.2, -0.15) is 0 Å². The number of rotatable bonds is 2. The summed E-state index contributed by atoms with van der Waals surface area (Å²) in [5.41, 5.74) is 6.90. The second-order valence-electron chi connectivity index (χ2n) is 2.84. The van der Waals surface area contributed by atoms with Crippen LogP contribution in [0.3, 0.4) is 0 Å². The van der Waals surface area contributed by atoms with Crippen LogP contribution in [0.15, 0.2) is 23.8 Å². The molecule has 0 fully saturated rings. The Morgan fingerprint density at radius 2 is 2.45 bits per heavy atom. The van der Waals surface area contributed by atoms with Gasteiger partial charge in [0, 0.05) is 13.2 Å². The zero-order valence-corrected chi connectivity index (χ0v) is 7.08. The molecule has 0 amide bonds. The van der Waals surface area contributed by atoms with Gasteiger partial charge < -0.3 is 10.5 Å². The third-order valence-corrected chi connectivity index (χ3v) is 1.98. The van der Waals surface area contributed by atoms with E-state index in [1.165, 1.54) is 5.57 Å². The van der Waals surface area contributed by atoms with Gasteiger partial charge in [0.05, 0.1) is 6.10 Å². The maximum atomic E-state index is 5.67. The highest BCUT2D eigenvalue weighted by Crippen LogP contribution is 2.14. The highest BCUT2D eigenvalue weighted by molar-refractivity contribution is 5.27. The smallest absolute Gasteiger partial charge is 0.0789 e. The monoisotopic (exact) mass is 153 g/mol. The van der Waals surface area contributed by atoms with E-state index in [1.807, 2.05) is 19.1 Å². The second-order valence-corrected chi connectivity index (χ2v) is 2.84. The number of hydrogen-bond acceptors (Lipinski definition) is 2. The molecule has 1 rings (SSSR count). The molecule has 0 radical (unpaired) electrons. The van der Waals surface area contributed by atoms with Crippen molar-refractivity contribution < 1.29 is 4.74 Å². The van der Waals surface area contributed by atoms with Crippen LogP contribution in [0.1, 0.15) is 13.3 Å². The zero-order chi connectivity index (χ0) is 8.27. The Morgan fingerprint density at radius 3 is 2.91 bits per heavy atom. The number of ether oxygens (including phenoxy) is 1. The van der Waals surface area contributed by atoms with Crippen LogP contribution < -0.4 is 5.73 Å². The van der Waals surface area contributed by atoms with Crippen molar-refractivity contribution >= 4 is 0 Å². The fourth-order valence-corrected chi connectivity index (χ4v) is 1.09. The lowest BCUT2D eigenvalue weighted by molar-refractivity contribution is 0.149. The predicted molar refractivity (Wildman–Crippen MR) is 46.3 cm³/mol. The van der Waals surface area contributed by atoms with E-state index >= 15 is 0 Å². The molecule has 0 heterocycles. The zero-order valence-electron chi connectivity index (χ0n) is 7.08. The average molecular weight is 153 g/mol. The van der Waals surface area contributed by atoms with E-state index in [2.05, 4.69) is 6.08 Å². The van der Waals surface area contributed by atoms with Gasteiger partial charge in [0.15, 0.2) is 0 Å². The van der Waals surface area contributed by atoms with Crippen molar-refractivity contribution in [3.05, 3.63) is 23.8 Å². The first-order chi connectivity index (χ1) is 5.24. The van der Waals surface area contributed by atoms with Gasteiger partial charge in [0.25, 0.3) is 0 Å². The van der Waals surface area contributed by atoms with E-state index in [4.69, 9.17) is 10.5 Å². The summed E-state index contributed by atoms with van der Waals surface area (Å²) in [7, 11) is 1.72. The summed E-state index contributed by atoms with van der Waals surface area (Å²) in [6, 6.07) is 0.197. The van der Waals surface area contributed by atoms with E-state index in [1.54, 1.807) is 7.11 Å².